The van der Waals surface area contributed by atoms with Crippen LogP contribution in [0.1, 0.15) is 18.1 Å². The molecule has 2 heterocycles. The van der Waals surface area contributed by atoms with Crippen molar-refractivity contribution in [2.45, 2.75) is 31.2 Å². The number of rotatable bonds is 5. The van der Waals surface area contributed by atoms with E-state index in [1.54, 1.807) is 25.1 Å². The number of ether oxygens (including phenoxy) is 1. The number of morpholine rings is 1. The Bertz CT molecular complexity index is 1050. The number of anilines is 2. The number of hydrogen-bond donors (Lipinski definition) is 1. The standard InChI is InChI=1S/C22H27N3O4S/c1-16-7-8-19(15-21(16)30(27,28)24-11-13-29-14-12-24)23-22(26)17(2)25-10-9-18-5-3-4-6-20(18)25/h3-8,15,17H,9-14H2,1-2H3,(H,23,26). The minimum Gasteiger partial charge on any atom is -0.379 e. The van der Waals surface area contributed by atoms with Crippen molar-refractivity contribution in [1.82, 2.24) is 4.31 Å². The molecule has 30 heavy (non-hydrogen) atoms. The summed E-state index contributed by atoms with van der Waals surface area (Å²) in [5.74, 6) is -0.162. The SMILES string of the molecule is Cc1ccc(NC(=O)C(C)N2CCc3ccccc32)cc1S(=O)(=O)N1CCOCC1. The molecular formula is C22H27N3O4S. The summed E-state index contributed by atoms with van der Waals surface area (Å²) < 4.78 is 32.9. The van der Waals surface area contributed by atoms with Crippen LogP contribution in [0.2, 0.25) is 0 Å². The zero-order valence-electron chi connectivity index (χ0n) is 17.3. The molecule has 0 aromatic heterocycles. The van der Waals surface area contributed by atoms with Gasteiger partial charge in [0, 0.05) is 31.0 Å². The average molecular weight is 430 g/mol. The van der Waals surface area contributed by atoms with Crippen LogP contribution in [-0.2, 0) is 26.0 Å². The first-order valence-electron chi connectivity index (χ1n) is 10.2. The Morgan fingerprint density at radius 2 is 1.83 bits per heavy atom. The van der Waals surface area contributed by atoms with Gasteiger partial charge in [-0.1, -0.05) is 24.3 Å². The van der Waals surface area contributed by atoms with E-state index in [-0.39, 0.29) is 16.8 Å². The monoisotopic (exact) mass is 429 g/mol. The maximum atomic E-state index is 13.1. The van der Waals surface area contributed by atoms with E-state index in [0.29, 0.717) is 37.6 Å². The third kappa shape index (κ3) is 3.95. The third-order valence-electron chi connectivity index (χ3n) is 5.81. The molecule has 2 aromatic rings. The Morgan fingerprint density at radius 1 is 1.10 bits per heavy atom. The number of carbonyl (C=O) groups is 1. The van der Waals surface area contributed by atoms with Crippen LogP contribution in [0.4, 0.5) is 11.4 Å². The van der Waals surface area contributed by atoms with Crippen LogP contribution < -0.4 is 10.2 Å². The molecule has 1 unspecified atom stereocenters. The highest BCUT2D eigenvalue weighted by atomic mass is 32.2. The fourth-order valence-corrected chi connectivity index (χ4v) is 5.69. The Labute approximate surface area is 177 Å². The lowest BCUT2D eigenvalue weighted by atomic mass is 10.1. The smallest absolute Gasteiger partial charge is 0.246 e. The summed E-state index contributed by atoms with van der Waals surface area (Å²) in [6.07, 6.45) is 0.917. The van der Waals surface area contributed by atoms with Crippen molar-refractivity contribution in [1.29, 1.82) is 0 Å². The molecule has 0 aliphatic carbocycles. The predicted octanol–water partition coefficient (Wildman–Crippen LogP) is 2.41. The molecule has 7 nitrogen and oxygen atoms in total. The predicted molar refractivity (Wildman–Crippen MR) is 116 cm³/mol. The molecule has 1 amide bonds. The number of fused-ring (bicyclic) bond motifs is 1. The summed E-state index contributed by atoms with van der Waals surface area (Å²) in [7, 11) is -3.64. The maximum Gasteiger partial charge on any atom is 0.246 e. The molecule has 0 saturated carbocycles. The highest BCUT2D eigenvalue weighted by Gasteiger charge is 2.30. The maximum absolute atomic E-state index is 13.1. The Hall–Kier alpha value is -2.42. The van der Waals surface area contributed by atoms with Crippen molar-refractivity contribution in [2.75, 3.05) is 43.1 Å². The number of para-hydroxylation sites is 1. The molecule has 1 saturated heterocycles. The first-order chi connectivity index (χ1) is 14.4. The number of nitrogens with one attached hydrogen (secondary N) is 1. The van der Waals surface area contributed by atoms with Gasteiger partial charge in [-0.15, -0.1) is 0 Å². The Kier molecular flexibility index (Phi) is 5.81. The van der Waals surface area contributed by atoms with E-state index < -0.39 is 10.0 Å². The number of nitrogens with zero attached hydrogens (tertiary/aromatic N) is 2. The van der Waals surface area contributed by atoms with E-state index in [1.807, 2.05) is 25.1 Å². The van der Waals surface area contributed by atoms with E-state index >= 15 is 0 Å². The second-order valence-corrected chi connectivity index (χ2v) is 9.64. The van der Waals surface area contributed by atoms with E-state index in [0.717, 1.165) is 18.7 Å². The van der Waals surface area contributed by atoms with Crippen molar-refractivity contribution in [3.63, 3.8) is 0 Å². The summed E-state index contributed by atoms with van der Waals surface area (Å²) in [6, 6.07) is 12.8. The summed E-state index contributed by atoms with van der Waals surface area (Å²) >= 11 is 0. The van der Waals surface area contributed by atoms with Gasteiger partial charge in [-0.3, -0.25) is 4.79 Å². The van der Waals surface area contributed by atoms with Crippen molar-refractivity contribution in [3.05, 3.63) is 53.6 Å². The minimum absolute atomic E-state index is 0.162. The molecule has 1 atom stereocenters. The number of amides is 1. The topological polar surface area (TPSA) is 79.0 Å². The fraction of sp³-hybridized carbons (Fsp3) is 0.409. The summed E-state index contributed by atoms with van der Waals surface area (Å²) in [5.41, 5.74) is 3.46. The lowest BCUT2D eigenvalue weighted by Gasteiger charge is -2.27. The van der Waals surface area contributed by atoms with Crippen LogP contribution in [0.5, 0.6) is 0 Å². The van der Waals surface area contributed by atoms with Gasteiger partial charge in [0.15, 0.2) is 0 Å². The molecule has 1 N–H and O–H groups in total. The molecule has 0 radical (unpaired) electrons. The van der Waals surface area contributed by atoms with E-state index in [2.05, 4.69) is 16.3 Å². The Balaban J connectivity index is 1.53. The lowest BCUT2D eigenvalue weighted by molar-refractivity contribution is -0.117. The first kappa shape index (κ1) is 20.8. The van der Waals surface area contributed by atoms with Gasteiger partial charge >= 0.3 is 0 Å². The lowest BCUT2D eigenvalue weighted by Crippen LogP contribution is -2.41. The van der Waals surface area contributed by atoms with Crippen LogP contribution in [0.25, 0.3) is 0 Å². The molecule has 2 aliphatic heterocycles. The van der Waals surface area contributed by atoms with Crippen LogP contribution in [0, 0.1) is 6.92 Å². The van der Waals surface area contributed by atoms with Crippen molar-refractivity contribution in [3.8, 4) is 0 Å². The van der Waals surface area contributed by atoms with Gasteiger partial charge < -0.3 is 15.0 Å². The molecule has 0 bridgehead atoms. The summed E-state index contributed by atoms with van der Waals surface area (Å²) in [4.78, 5) is 15.2. The van der Waals surface area contributed by atoms with Gasteiger partial charge in [0.1, 0.15) is 6.04 Å². The summed E-state index contributed by atoms with van der Waals surface area (Å²) in [5, 5.41) is 2.90. The zero-order chi connectivity index (χ0) is 21.3. The van der Waals surface area contributed by atoms with Crippen LogP contribution in [0.3, 0.4) is 0 Å². The van der Waals surface area contributed by atoms with Crippen molar-refractivity contribution < 1.29 is 17.9 Å². The molecular weight excluding hydrogens is 402 g/mol. The van der Waals surface area contributed by atoms with Gasteiger partial charge in [0.2, 0.25) is 15.9 Å². The fourth-order valence-electron chi connectivity index (χ4n) is 4.04. The number of carbonyl (C=O) groups excluding carboxylic acids is 1. The van der Waals surface area contributed by atoms with Gasteiger partial charge in [0.05, 0.1) is 18.1 Å². The van der Waals surface area contributed by atoms with E-state index in [9.17, 15) is 13.2 Å². The minimum atomic E-state index is -3.64. The number of aryl methyl sites for hydroxylation is 1. The molecule has 8 heteroatoms. The number of benzene rings is 2. The second kappa shape index (κ2) is 8.37. The number of sulfonamides is 1. The zero-order valence-corrected chi connectivity index (χ0v) is 18.1. The Morgan fingerprint density at radius 3 is 2.60 bits per heavy atom. The van der Waals surface area contributed by atoms with Crippen LogP contribution >= 0.6 is 0 Å². The van der Waals surface area contributed by atoms with Crippen LogP contribution in [0.15, 0.2) is 47.4 Å². The highest BCUT2D eigenvalue weighted by molar-refractivity contribution is 7.89. The third-order valence-corrected chi connectivity index (χ3v) is 7.85. The molecule has 1 fully saturated rings. The molecule has 2 aliphatic rings. The van der Waals surface area contributed by atoms with E-state index in [4.69, 9.17) is 4.74 Å². The molecule has 160 valence electrons. The largest absolute Gasteiger partial charge is 0.379 e. The van der Waals surface area contributed by atoms with Gasteiger partial charge in [0.25, 0.3) is 0 Å². The highest BCUT2D eigenvalue weighted by Crippen LogP contribution is 2.30. The van der Waals surface area contributed by atoms with Gasteiger partial charge in [-0.05, 0) is 49.6 Å². The second-order valence-electron chi connectivity index (χ2n) is 7.73. The normalized spacial score (nSPS) is 18.1. The van der Waals surface area contributed by atoms with E-state index in [1.165, 1.54) is 9.87 Å². The number of hydrogen-bond acceptors (Lipinski definition) is 5. The van der Waals surface area contributed by atoms with Crippen LogP contribution in [-0.4, -0.2) is 57.5 Å². The van der Waals surface area contributed by atoms with Gasteiger partial charge in [-0.25, -0.2) is 8.42 Å². The molecule has 2 aromatic carbocycles. The summed E-state index contributed by atoms with van der Waals surface area (Å²) in [6.45, 7) is 5.89. The first-order valence-corrected chi connectivity index (χ1v) is 11.7. The van der Waals surface area contributed by atoms with Gasteiger partial charge in [-0.2, -0.15) is 4.31 Å². The average Bonchev–Trinajstić information content (AvgIpc) is 3.19. The quantitative estimate of drug-likeness (QED) is 0.790. The molecule has 0 spiro atoms. The van der Waals surface area contributed by atoms with Crippen molar-refractivity contribution in [2.24, 2.45) is 0 Å². The van der Waals surface area contributed by atoms with Crippen molar-refractivity contribution >= 4 is 27.3 Å². The molecule has 4 rings (SSSR count).